The lowest BCUT2D eigenvalue weighted by Crippen LogP contribution is -2.45. The molecule has 0 heterocycles. The van der Waals surface area contributed by atoms with Gasteiger partial charge in [-0.3, -0.25) is 4.79 Å². The normalized spacial score (nSPS) is 41.6. The number of rotatable bonds is 5. The molecule has 0 aliphatic heterocycles. The number of hydrogen-bond acceptors (Lipinski definition) is 1. The molecule has 4 unspecified atom stereocenters. The summed E-state index contributed by atoms with van der Waals surface area (Å²) in [4.78, 5) is 12.1. The van der Waals surface area contributed by atoms with E-state index in [1.165, 1.54) is 57.8 Å². The number of carbonyl (C=O) groups is 1. The minimum absolute atomic E-state index is 0.351. The number of ketones is 1. The van der Waals surface area contributed by atoms with Crippen molar-refractivity contribution in [2.24, 2.45) is 40.4 Å². The third kappa shape index (κ3) is 3.33. The van der Waals surface area contributed by atoms with Gasteiger partial charge in [0.05, 0.1) is 0 Å². The Morgan fingerprint density at radius 1 is 0.964 bits per heavy atom. The predicted octanol–water partition coefficient (Wildman–Crippen LogP) is 7.74. The Hall–Kier alpha value is -0.590. The highest BCUT2D eigenvalue weighted by Gasteiger charge is 2.55. The second-order valence-electron chi connectivity index (χ2n) is 11.9. The first-order chi connectivity index (χ1) is 13.3. The second kappa shape index (κ2) is 7.59. The van der Waals surface area contributed by atoms with E-state index < -0.39 is 0 Å². The smallest absolute Gasteiger partial charge is 0.133 e. The molecule has 0 amide bonds. The molecule has 2 saturated carbocycles. The van der Waals surface area contributed by atoms with Crippen LogP contribution in [0.2, 0.25) is 0 Å². The lowest BCUT2D eigenvalue weighted by atomic mass is 9.50. The number of Topliss-reactive ketones (excluding diaryl/α,β-unsaturated/α-hetero) is 1. The summed E-state index contributed by atoms with van der Waals surface area (Å²) < 4.78 is 0. The van der Waals surface area contributed by atoms with Crippen LogP contribution in [0.1, 0.15) is 112 Å². The first-order valence-corrected chi connectivity index (χ1v) is 12.5. The van der Waals surface area contributed by atoms with Crippen molar-refractivity contribution in [2.45, 2.75) is 112 Å². The van der Waals surface area contributed by atoms with Crippen LogP contribution >= 0.6 is 0 Å². The summed E-state index contributed by atoms with van der Waals surface area (Å²) in [5.41, 5.74) is 4.62. The summed E-state index contributed by atoms with van der Waals surface area (Å²) in [5.74, 6) is 4.68. The third-order valence-electron chi connectivity index (χ3n) is 10.0. The third-order valence-corrected chi connectivity index (χ3v) is 10.0. The Morgan fingerprint density at radius 3 is 2.50 bits per heavy atom. The first kappa shape index (κ1) is 20.7. The van der Waals surface area contributed by atoms with Crippen molar-refractivity contribution >= 4 is 5.78 Å². The van der Waals surface area contributed by atoms with Crippen molar-refractivity contribution in [1.29, 1.82) is 0 Å². The van der Waals surface area contributed by atoms with Crippen LogP contribution in [0.4, 0.5) is 0 Å². The fraction of sp³-hybridized carbons (Fsp3) is 0.889. The van der Waals surface area contributed by atoms with Crippen LogP contribution in [0.25, 0.3) is 0 Å². The summed E-state index contributed by atoms with van der Waals surface area (Å²) >= 11 is 0. The van der Waals surface area contributed by atoms with Gasteiger partial charge in [0, 0.05) is 12.8 Å². The van der Waals surface area contributed by atoms with E-state index in [2.05, 4.69) is 34.6 Å². The van der Waals surface area contributed by atoms with Gasteiger partial charge in [-0.2, -0.15) is 0 Å². The standard InChI is InChI=1S/C27H44O/c1-18(2)7-6-8-19(3)23-11-12-24-22-10-9-20-17-21(28)13-15-26(20,4)25(22)14-16-27(23,24)5/h18-20,23-24H,6-17H2,1-5H3/t19?,20?,23?,24?,26-,27+/m0/s1. The zero-order valence-corrected chi connectivity index (χ0v) is 19.3. The molecule has 0 aromatic heterocycles. The monoisotopic (exact) mass is 384 g/mol. The molecule has 4 aliphatic rings. The van der Waals surface area contributed by atoms with Gasteiger partial charge in [-0.1, -0.05) is 65.0 Å². The summed E-state index contributed by atoms with van der Waals surface area (Å²) in [6, 6.07) is 0. The van der Waals surface area contributed by atoms with Gasteiger partial charge in [-0.05, 0) is 85.4 Å². The topological polar surface area (TPSA) is 17.1 Å². The maximum absolute atomic E-state index is 12.1. The van der Waals surface area contributed by atoms with Gasteiger partial charge in [0.1, 0.15) is 5.78 Å². The molecule has 6 atom stereocenters. The quantitative estimate of drug-likeness (QED) is 0.443. The first-order valence-electron chi connectivity index (χ1n) is 12.5. The van der Waals surface area contributed by atoms with Crippen LogP contribution in [-0.2, 0) is 4.79 Å². The fourth-order valence-corrected chi connectivity index (χ4v) is 8.28. The molecule has 0 N–H and O–H groups in total. The Balaban J connectivity index is 1.53. The van der Waals surface area contributed by atoms with Crippen molar-refractivity contribution in [3.8, 4) is 0 Å². The number of fused-ring (bicyclic) bond motifs is 4. The lowest BCUT2D eigenvalue weighted by molar-refractivity contribution is -0.124. The SMILES string of the molecule is CC(C)CCCC(C)C1CCC2C3=C(CC[C@@]21C)[C@@]1(C)CCC(=O)CC1CC3. The van der Waals surface area contributed by atoms with E-state index >= 15 is 0 Å². The fourth-order valence-electron chi connectivity index (χ4n) is 8.28. The van der Waals surface area contributed by atoms with E-state index in [-0.39, 0.29) is 0 Å². The molecule has 1 nitrogen and oxygen atoms in total. The maximum atomic E-state index is 12.1. The zero-order valence-electron chi connectivity index (χ0n) is 19.3. The van der Waals surface area contributed by atoms with Crippen molar-refractivity contribution in [1.82, 2.24) is 0 Å². The Kier molecular flexibility index (Phi) is 5.60. The van der Waals surface area contributed by atoms with Gasteiger partial charge < -0.3 is 0 Å². The van der Waals surface area contributed by atoms with E-state index in [1.807, 2.05) is 11.1 Å². The summed E-state index contributed by atoms with van der Waals surface area (Å²) in [5, 5.41) is 0. The van der Waals surface area contributed by atoms with Crippen LogP contribution in [-0.4, -0.2) is 5.78 Å². The van der Waals surface area contributed by atoms with E-state index in [1.54, 1.807) is 0 Å². The minimum Gasteiger partial charge on any atom is -0.300 e. The van der Waals surface area contributed by atoms with Gasteiger partial charge in [-0.15, -0.1) is 0 Å². The molecule has 4 rings (SSSR count). The zero-order chi connectivity index (χ0) is 20.1. The molecule has 0 aromatic rings. The molecule has 2 fully saturated rings. The highest BCUT2D eigenvalue weighted by molar-refractivity contribution is 5.80. The largest absolute Gasteiger partial charge is 0.300 e. The van der Waals surface area contributed by atoms with Crippen molar-refractivity contribution in [2.75, 3.05) is 0 Å². The molecule has 0 bridgehead atoms. The Morgan fingerprint density at radius 2 is 1.75 bits per heavy atom. The van der Waals surface area contributed by atoms with E-state index in [9.17, 15) is 4.79 Å². The van der Waals surface area contributed by atoms with Gasteiger partial charge in [0.15, 0.2) is 0 Å². The van der Waals surface area contributed by atoms with Crippen molar-refractivity contribution < 1.29 is 4.79 Å². The molecular weight excluding hydrogens is 340 g/mol. The molecule has 0 aromatic carbocycles. The second-order valence-corrected chi connectivity index (χ2v) is 11.9. The van der Waals surface area contributed by atoms with Gasteiger partial charge in [0.25, 0.3) is 0 Å². The van der Waals surface area contributed by atoms with Gasteiger partial charge >= 0.3 is 0 Å². The van der Waals surface area contributed by atoms with Crippen molar-refractivity contribution in [3.63, 3.8) is 0 Å². The number of hydrogen-bond donors (Lipinski definition) is 0. The minimum atomic E-state index is 0.351. The van der Waals surface area contributed by atoms with E-state index in [4.69, 9.17) is 0 Å². The molecule has 0 saturated heterocycles. The molecule has 0 spiro atoms. The average molecular weight is 385 g/mol. The van der Waals surface area contributed by atoms with Crippen LogP contribution in [0, 0.1) is 40.4 Å². The molecule has 4 aliphatic carbocycles. The van der Waals surface area contributed by atoms with Crippen LogP contribution in [0.3, 0.4) is 0 Å². The summed E-state index contributed by atoms with van der Waals surface area (Å²) in [6.45, 7) is 12.5. The average Bonchev–Trinajstić information content (AvgIpc) is 2.99. The maximum Gasteiger partial charge on any atom is 0.133 e. The molecule has 1 heteroatoms. The molecular formula is C27H44O. The highest BCUT2D eigenvalue weighted by atomic mass is 16.1. The van der Waals surface area contributed by atoms with E-state index in [0.717, 1.165) is 42.9 Å². The van der Waals surface area contributed by atoms with Crippen LogP contribution in [0.15, 0.2) is 11.1 Å². The predicted molar refractivity (Wildman–Crippen MR) is 118 cm³/mol. The molecule has 158 valence electrons. The summed E-state index contributed by atoms with van der Waals surface area (Å²) in [6.07, 6.45) is 15.3. The van der Waals surface area contributed by atoms with Crippen LogP contribution in [0.5, 0.6) is 0 Å². The Labute approximate surface area is 174 Å². The van der Waals surface area contributed by atoms with Gasteiger partial charge in [-0.25, -0.2) is 0 Å². The number of carbonyl (C=O) groups excluding carboxylic acids is 1. The summed E-state index contributed by atoms with van der Waals surface area (Å²) in [7, 11) is 0. The highest BCUT2D eigenvalue weighted by Crippen LogP contribution is 2.65. The van der Waals surface area contributed by atoms with Crippen molar-refractivity contribution in [3.05, 3.63) is 11.1 Å². The lowest BCUT2D eigenvalue weighted by Gasteiger charge is -2.54. The molecule has 28 heavy (non-hydrogen) atoms. The number of allylic oxidation sites excluding steroid dienone is 2. The van der Waals surface area contributed by atoms with E-state index in [0.29, 0.717) is 22.5 Å². The van der Waals surface area contributed by atoms with Gasteiger partial charge in [0.2, 0.25) is 0 Å². The Bertz CT molecular complexity index is 643. The molecule has 0 radical (unpaired) electrons. The van der Waals surface area contributed by atoms with Crippen LogP contribution < -0.4 is 0 Å².